The van der Waals surface area contributed by atoms with E-state index in [4.69, 9.17) is 4.74 Å². The van der Waals surface area contributed by atoms with E-state index in [0.717, 1.165) is 15.4 Å². The molecule has 0 spiro atoms. The maximum absolute atomic E-state index is 12.1. The van der Waals surface area contributed by atoms with Gasteiger partial charge in [-0.05, 0) is 57.4 Å². The summed E-state index contributed by atoms with van der Waals surface area (Å²) >= 11 is 3.39. The van der Waals surface area contributed by atoms with Gasteiger partial charge in [0.1, 0.15) is 5.75 Å². The van der Waals surface area contributed by atoms with Crippen LogP contribution in [0.3, 0.4) is 0 Å². The van der Waals surface area contributed by atoms with Crippen LogP contribution in [0.2, 0.25) is 0 Å². The number of halogens is 1. The number of hydrazone groups is 1. The first kappa shape index (κ1) is 17.2. The van der Waals surface area contributed by atoms with Gasteiger partial charge in [-0.15, -0.1) is 0 Å². The number of carbonyl (C=O) groups is 1. The Bertz CT molecular complexity index is 924. The smallest absolute Gasteiger partial charge is 0.280 e. The van der Waals surface area contributed by atoms with Gasteiger partial charge in [0, 0.05) is 0 Å². The SMILES string of the molecule is C[C@@H](Oc1ccccc1Br)C(=O)N/N=C\c1ccc2ccccc2c1. The summed E-state index contributed by atoms with van der Waals surface area (Å²) in [5.74, 6) is 0.302. The number of nitrogens with one attached hydrogen (secondary N) is 1. The van der Waals surface area contributed by atoms with Gasteiger partial charge in [0.2, 0.25) is 0 Å². The molecule has 3 rings (SSSR count). The molecule has 0 aliphatic rings. The number of nitrogens with zero attached hydrogens (tertiary/aromatic N) is 1. The first-order valence-electron chi connectivity index (χ1n) is 7.86. The van der Waals surface area contributed by atoms with Crippen molar-refractivity contribution in [2.45, 2.75) is 13.0 Å². The maximum Gasteiger partial charge on any atom is 0.280 e. The summed E-state index contributed by atoms with van der Waals surface area (Å²) in [5.41, 5.74) is 3.42. The van der Waals surface area contributed by atoms with Gasteiger partial charge in [-0.3, -0.25) is 4.79 Å². The first-order chi connectivity index (χ1) is 12.1. The molecule has 0 aliphatic carbocycles. The lowest BCUT2D eigenvalue weighted by atomic mass is 10.1. The fourth-order valence-corrected chi connectivity index (χ4v) is 2.71. The van der Waals surface area contributed by atoms with Crippen LogP contribution in [-0.2, 0) is 4.79 Å². The Balaban J connectivity index is 1.60. The second kappa shape index (κ2) is 7.94. The Morgan fingerprint density at radius 1 is 1.08 bits per heavy atom. The molecule has 0 unspecified atom stereocenters. The second-order valence-corrected chi connectivity index (χ2v) is 6.39. The van der Waals surface area contributed by atoms with Gasteiger partial charge in [-0.25, -0.2) is 5.43 Å². The van der Waals surface area contributed by atoms with Crippen LogP contribution >= 0.6 is 15.9 Å². The minimum Gasteiger partial charge on any atom is -0.480 e. The monoisotopic (exact) mass is 396 g/mol. The molecule has 0 saturated heterocycles. The maximum atomic E-state index is 12.1. The fraction of sp³-hybridized carbons (Fsp3) is 0.100. The van der Waals surface area contributed by atoms with E-state index in [-0.39, 0.29) is 5.91 Å². The van der Waals surface area contributed by atoms with Crippen LogP contribution in [0.4, 0.5) is 0 Å². The number of hydrogen-bond acceptors (Lipinski definition) is 3. The van der Waals surface area contributed by atoms with Crippen LogP contribution in [0.15, 0.2) is 76.3 Å². The molecule has 0 fully saturated rings. The van der Waals surface area contributed by atoms with Gasteiger partial charge in [-0.2, -0.15) is 5.10 Å². The van der Waals surface area contributed by atoms with Crippen molar-refractivity contribution in [3.63, 3.8) is 0 Å². The molecule has 25 heavy (non-hydrogen) atoms. The minimum atomic E-state index is -0.660. The van der Waals surface area contributed by atoms with Crippen molar-refractivity contribution < 1.29 is 9.53 Å². The summed E-state index contributed by atoms with van der Waals surface area (Å²) in [4.78, 5) is 12.1. The average molecular weight is 397 g/mol. The summed E-state index contributed by atoms with van der Waals surface area (Å²) in [6.07, 6.45) is 0.961. The third-order valence-electron chi connectivity index (χ3n) is 3.67. The highest BCUT2D eigenvalue weighted by molar-refractivity contribution is 9.10. The fourth-order valence-electron chi connectivity index (χ4n) is 2.33. The Hall–Kier alpha value is -2.66. The standard InChI is InChI=1S/C20H17BrN2O2/c1-14(25-19-9-5-4-8-18(19)21)20(24)23-22-13-15-10-11-16-6-2-3-7-17(16)12-15/h2-14H,1H3,(H,23,24)/b22-13-/t14-/m1/s1. The van der Waals surface area contributed by atoms with E-state index in [0.29, 0.717) is 5.75 Å². The zero-order chi connectivity index (χ0) is 17.6. The summed E-state index contributed by atoms with van der Waals surface area (Å²) in [6.45, 7) is 1.68. The molecule has 1 amide bonds. The highest BCUT2D eigenvalue weighted by Gasteiger charge is 2.15. The Morgan fingerprint density at radius 2 is 1.80 bits per heavy atom. The lowest BCUT2D eigenvalue weighted by Gasteiger charge is -2.13. The highest BCUT2D eigenvalue weighted by Crippen LogP contribution is 2.24. The average Bonchev–Trinajstić information content (AvgIpc) is 2.63. The van der Waals surface area contributed by atoms with E-state index in [1.54, 1.807) is 19.2 Å². The zero-order valence-electron chi connectivity index (χ0n) is 13.6. The quantitative estimate of drug-likeness (QED) is 0.509. The minimum absolute atomic E-state index is 0.312. The second-order valence-electron chi connectivity index (χ2n) is 5.53. The Kier molecular flexibility index (Phi) is 5.46. The van der Waals surface area contributed by atoms with E-state index >= 15 is 0 Å². The predicted molar refractivity (Wildman–Crippen MR) is 104 cm³/mol. The first-order valence-corrected chi connectivity index (χ1v) is 8.66. The predicted octanol–water partition coefficient (Wildman–Crippen LogP) is 4.52. The topological polar surface area (TPSA) is 50.7 Å². The summed E-state index contributed by atoms with van der Waals surface area (Å²) in [5, 5.41) is 6.31. The van der Waals surface area contributed by atoms with Crippen LogP contribution < -0.4 is 10.2 Å². The number of benzene rings is 3. The molecule has 4 nitrogen and oxygen atoms in total. The van der Waals surface area contributed by atoms with E-state index < -0.39 is 6.10 Å². The summed E-state index contributed by atoms with van der Waals surface area (Å²) in [6, 6.07) is 21.5. The number of carbonyl (C=O) groups excluding carboxylic acids is 1. The van der Waals surface area contributed by atoms with E-state index in [1.165, 1.54) is 5.39 Å². The van der Waals surface area contributed by atoms with Gasteiger partial charge in [0.15, 0.2) is 6.10 Å². The van der Waals surface area contributed by atoms with E-state index in [9.17, 15) is 4.79 Å². The lowest BCUT2D eigenvalue weighted by Crippen LogP contribution is -2.33. The van der Waals surface area contributed by atoms with Gasteiger partial charge in [0.05, 0.1) is 10.7 Å². The van der Waals surface area contributed by atoms with Crippen molar-refractivity contribution in [3.05, 3.63) is 76.8 Å². The Labute approximate surface area is 154 Å². The van der Waals surface area contributed by atoms with Crippen molar-refractivity contribution in [2.75, 3.05) is 0 Å². The Morgan fingerprint density at radius 3 is 2.60 bits per heavy atom. The summed E-state index contributed by atoms with van der Waals surface area (Å²) in [7, 11) is 0. The molecule has 5 heteroatoms. The molecule has 0 saturated carbocycles. The van der Waals surface area contributed by atoms with Crippen LogP contribution in [0.25, 0.3) is 10.8 Å². The normalized spacial score (nSPS) is 12.2. The molecule has 0 aromatic heterocycles. The zero-order valence-corrected chi connectivity index (χ0v) is 15.2. The number of para-hydroxylation sites is 1. The van der Waals surface area contributed by atoms with Crippen molar-refractivity contribution in [3.8, 4) is 5.75 Å². The number of amides is 1. The number of rotatable bonds is 5. The third-order valence-corrected chi connectivity index (χ3v) is 4.33. The molecule has 0 radical (unpaired) electrons. The van der Waals surface area contributed by atoms with E-state index in [2.05, 4.69) is 32.5 Å². The van der Waals surface area contributed by atoms with Crippen LogP contribution in [0.5, 0.6) is 5.75 Å². The van der Waals surface area contributed by atoms with E-state index in [1.807, 2.05) is 54.6 Å². The van der Waals surface area contributed by atoms with Crippen molar-refractivity contribution >= 4 is 38.8 Å². The molecular formula is C20H17BrN2O2. The number of fused-ring (bicyclic) bond motifs is 1. The van der Waals surface area contributed by atoms with Crippen molar-refractivity contribution in [1.82, 2.24) is 5.43 Å². The highest BCUT2D eigenvalue weighted by atomic mass is 79.9. The molecule has 3 aromatic carbocycles. The van der Waals surface area contributed by atoms with Gasteiger partial charge < -0.3 is 4.74 Å². The molecule has 0 bridgehead atoms. The molecule has 126 valence electrons. The molecule has 1 N–H and O–H groups in total. The largest absolute Gasteiger partial charge is 0.480 e. The molecule has 1 atom stereocenters. The van der Waals surface area contributed by atoms with Crippen LogP contribution in [0, 0.1) is 0 Å². The molecular weight excluding hydrogens is 380 g/mol. The van der Waals surface area contributed by atoms with Gasteiger partial charge >= 0.3 is 0 Å². The number of hydrogen-bond donors (Lipinski definition) is 1. The van der Waals surface area contributed by atoms with Crippen molar-refractivity contribution in [2.24, 2.45) is 5.10 Å². The van der Waals surface area contributed by atoms with Gasteiger partial charge in [-0.1, -0.05) is 48.5 Å². The molecule has 0 aliphatic heterocycles. The van der Waals surface area contributed by atoms with Gasteiger partial charge in [0.25, 0.3) is 5.91 Å². The van der Waals surface area contributed by atoms with Crippen LogP contribution in [-0.4, -0.2) is 18.2 Å². The molecule has 3 aromatic rings. The third kappa shape index (κ3) is 4.45. The lowest BCUT2D eigenvalue weighted by molar-refractivity contribution is -0.127. The number of ether oxygens (including phenoxy) is 1. The van der Waals surface area contributed by atoms with Crippen molar-refractivity contribution in [1.29, 1.82) is 0 Å². The van der Waals surface area contributed by atoms with Crippen LogP contribution in [0.1, 0.15) is 12.5 Å². The molecule has 0 heterocycles. The summed E-state index contributed by atoms with van der Waals surface area (Å²) < 4.78 is 6.43.